The first kappa shape index (κ1) is 22.5. The molecule has 1 aromatic heterocycles. The molecule has 1 saturated carbocycles. The molecule has 4 rings (SSSR count). The minimum Gasteiger partial charge on any atom is -0.362 e. The normalized spacial score (nSPS) is 18.8. The van der Waals surface area contributed by atoms with Crippen molar-refractivity contribution in [1.29, 1.82) is 0 Å². The average molecular weight is 437 g/mol. The topological polar surface area (TPSA) is 62.4 Å². The van der Waals surface area contributed by atoms with E-state index in [1.54, 1.807) is 19.0 Å². The van der Waals surface area contributed by atoms with Crippen molar-refractivity contribution in [1.82, 2.24) is 9.88 Å². The second kappa shape index (κ2) is 9.07. The van der Waals surface area contributed by atoms with Gasteiger partial charge in [0, 0.05) is 26.4 Å². The number of rotatable bonds is 6. The van der Waals surface area contributed by atoms with Crippen molar-refractivity contribution in [2.24, 2.45) is 0 Å². The molecular weight excluding hydrogens is 400 g/mol. The Morgan fingerprint density at radius 3 is 2.69 bits per heavy atom. The van der Waals surface area contributed by atoms with Crippen molar-refractivity contribution >= 4 is 28.2 Å². The fraction of sp³-hybridized carbons (Fsp3) is 0.481. The second-order valence-corrected chi connectivity index (χ2v) is 9.35. The summed E-state index contributed by atoms with van der Waals surface area (Å²) in [6, 6.07) is 8.22. The predicted octanol–water partition coefficient (Wildman–Crippen LogP) is 5.92. The summed E-state index contributed by atoms with van der Waals surface area (Å²) in [5, 5.41) is 1.04. The van der Waals surface area contributed by atoms with E-state index >= 15 is 0 Å². The van der Waals surface area contributed by atoms with E-state index in [9.17, 15) is 9.59 Å². The number of nitrogens with zero attached hydrogens (tertiary/aromatic N) is 1. The number of nitrogens with one attached hydrogen (secondary N) is 1. The van der Waals surface area contributed by atoms with E-state index in [1.165, 1.54) is 5.57 Å². The predicted molar refractivity (Wildman–Crippen MR) is 131 cm³/mol. The van der Waals surface area contributed by atoms with Crippen molar-refractivity contribution < 1.29 is 15.8 Å². The van der Waals surface area contributed by atoms with Crippen LogP contribution in [-0.2, 0) is 9.53 Å². The Labute approximate surface area is 192 Å². The summed E-state index contributed by atoms with van der Waals surface area (Å²) in [6.45, 7) is 4.73. The molecule has 172 valence electrons. The summed E-state index contributed by atoms with van der Waals surface area (Å²) < 4.78 is 6.11. The molecule has 2 heterocycles. The van der Waals surface area contributed by atoms with Crippen LogP contribution in [0.4, 0.5) is 0 Å². The molecule has 1 amide bonds. The van der Waals surface area contributed by atoms with E-state index in [2.05, 4.69) is 36.2 Å². The van der Waals surface area contributed by atoms with Crippen LogP contribution in [0.15, 0.2) is 41.5 Å². The first-order valence-corrected chi connectivity index (χ1v) is 11.8. The third kappa shape index (κ3) is 4.18. The minimum atomic E-state index is -0.518. The molecule has 5 heteroatoms. The average Bonchev–Trinajstić information content (AvgIpc) is 3.43. The van der Waals surface area contributed by atoms with Gasteiger partial charge in [-0.05, 0) is 86.3 Å². The van der Waals surface area contributed by atoms with Gasteiger partial charge in [-0.3, -0.25) is 9.59 Å². The maximum absolute atomic E-state index is 12.9. The fourth-order valence-electron chi connectivity index (χ4n) is 5.05. The van der Waals surface area contributed by atoms with Crippen LogP contribution in [0.25, 0.3) is 16.5 Å². The lowest BCUT2D eigenvalue weighted by atomic mass is 9.85. The molecule has 0 atom stereocenters. The Hall–Kier alpha value is -2.66. The van der Waals surface area contributed by atoms with Gasteiger partial charge in [-0.15, -0.1) is 0 Å². The molecule has 1 spiro atoms. The molecule has 1 fully saturated rings. The van der Waals surface area contributed by atoms with Crippen molar-refractivity contribution in [2.75, 3.05) is 20.7 Å². The molecule has 0 saturated heterocycles. The molecule has 2 aliphatic rings. The number of fused-ring (bicyclic) bond motifs is 1. The number of amides is 1. The number of ketones is 1. The van der Waals surface area contributed by atoms with E-state index < -0.39 is 5.60 Å². The highest BCUT2D eigenvalue weighted by Gasteiger charge is 2.45. The third-order valence-electron chi connectivity index (χ3n) is 7.07. The number of aromatic amines is 1. The van der Waals surface area contributed by atoms with Crippen LogP contribution in [0.5, 0.6) is 0 Å². The Morgan fingerprint density at radius 1 is 1.25 bits per heavy atom. The molecule has 1 aliphatic carbocycles. The number of H-pyrrole nitrogens is 1. The summed E-state index contributed by atoms with van der Waals surface area (Å²) in [4.78, 5) is 30.0. The first-order chi connectivity index (χ1) is 15.3. The molecule has 1 aliphatic heterocycles. The van der Waals surface area contributed by atoms with Gasteiger partial charge in [0.05, 0.1) is 6.61 Å². The van der Waals surface area contributed by atoms with Crippen LogP contribution in [0.2, 0.25) is 0 Å². The molecule has 1 N–H and O–H groups in total. The Kier molecular flexibility index (Phi) is 6.38. The number of carbonyl (C=O) groups excluding carboxylic acids is 2. The number of benzene rings is 1. The van der Waals surface area contributed by atoms with Crippen LogP contribution in [0.1, 0.15) is 76.3 Å². The largest absolute Gasteiger partial charge is 0.362 e. The van der Waals surface area contributed by atoms with Gasteiger partial charge < -0.3 is 14.6 Å². The number of aromatic nitrogens is 1. The molecular formula is C27H36N2O3. The molecule has 1 aromatic carbocycles. The SMILES string of the molecule is CC/C(=C\CCC1=C(C)C(=O)C2(CCCC2)OC1)c1ccc2cc(C(=O)N(C)C)[nH]c2c1.[HH]. The van der Waals surface area contributed by atoms with Crippen LogP contribution in [0, 0.1) is 0 Å². The number of allylic oxidation sites excluding steroid dienone is 2. The highest BCUT2D eigenvalue weighted by molar-refractivity contribution is 6.03. The van der Waals surface area contributed by atoms with Gasteiger partial charge in [0.1, 0.15) is 11.3 Å². The van der Waals surface area contributed by atoms with Gasteiger partial charge in [-0.1, -0.05) is 25.1 Å². The first-order valence-electron chi connectivity index (χ1n) is 11.8. The van der Waals surface area contributed by atoms with Gasteiger partial charge >= 0.3 is 0 Å². The molecule has 0 unspecified atom stereocenters. The lowest BCUT2D eigenvalue weighted by Crippen LogP contribution is -2.43. The van der Waals surface area contributed by atoms with Crippen molar-refractivity contribution in [3.05, 3.63) is 52.7 Å². The Morgan fingerprint density at radius 2 is 2.00 bits per heavy atom. The maximum atomic E-state index is 12.9. The van der Waals surface area contributed by atoms with Crippen molar-refractivity contribution in [3.8, 4) is 0 Å². The Balaban J connectivity index is 0.00000306. The fourth-order valence-corrected chi connectivity index (χ4v) is 5.05. The van der Waals surface area contributed by atoms with Crippen molar-refractivity contribution in [3.63, 3.8) is 0 Å². The molecule has 2 aromatic rings. The zero-order valence-corrected chi connectivity index (χ0v) is 19.7. The zero-order valence-electron chi connectivity index (χ0n) is 19.7. The maximum Gasteiger partial charge on any atom is 0.269 e. The highest BCUT2D eigenvalue weighted by atomic mass is 16.5. The lowest BCUT2D eigenvalue weighted by molar-refractivity contribution is -0.141. The summed E-state index contributed by atoms with van der Waals surface area (Å²) in [5.74, 6) is 0.192. The second-order valence-electron chi connectivity index (χ2n) is 9.35. The smallest absolute Gasteiger partial charge is 0.269 e. The lowest BCUT2D eigenvalue weighted by Gasteiger charge is -2.34. The van der Waals surface area contributed by atoms with Crippen LogP contribution in [0.3, 0.4) is 0 Å². The highest BCUT2D eigenvalue weighted by Crippen LogP contribution is 2.40. The summed E-state index contributed by atoms with van der Waals surface area (Å²) in [7, 11) is 3.51. The van der Waals surface area contributed by atoms with Crippen LogP contribution < -0.4 is 0 Å². The quantitative estimate of drug-likeness (QED) is 0.611. The van der Waals surface area contributed by atoms with E-state index in [-0.39, 0.29) is 13.1 Å². The molecule has 5 nitrogen and oxygen atoms in total. The third-order valence-corrected chi connectivity index (χ3v) is 7.07. The number of hydrogen-bond acceptors (Lipinski definition) is 3. The number of Topliss-reactive ketones (excluding diaryl/α,β-unsaturated/α-hetero) is 1. The molecule has 0 radical (unpaired) electrons. The summed E-state index contributed by atoms with van der Waals surface area (Å²) >= 11 is 0. The number of carbonyl (C=O) groups is 2. The minimum absolute atomic E-state index is 0. The van der Waals surface area contributed by atoms with Gasteiger partial charge in [0.25, 0.3) is 5.91 Å². The van der Waals surface area contributed by atoms with Gasteiger partial charge in [0.2, 0.25) is 0 Å². The van der Waals surface area contributed by atoms with E-state index in [0.29, 0.717) is 12.3 Å². The van der Waals surface area contributed by atoms with Gasteiger partial charge in [-0.25, -0.2) is 0 Å². The molecule has 32 heavy (non-hydrogen) atoms. The summed E-state index contributed by atoms with van der Waals surface area (Å²) in [6.07, 6.45) is 8.86. The monoisotopic (exact) mass is 436 g/mol. The number of ether oxygens (including phenoxy) is 1. The standard InChI is InChI=1S/C27H34N2O3.H2/c1-5-19(20-11-12-21-16-24(26(31)29(3)4)28-23(21)15-20)9-8-10-22-17-32-27(13-6-7-14-27)25(30)18(22)2;/h9,11-12,15-16,28H,5-8,10,13-14,17H2,1-4H3;1H/b19-9+;. The zero-order chi connectivity index (χ0) is 22.9. The molecule has 0 bridgehead atoms. The van der Waals surface area contributed by atoms with E-state index in [0.717, 1.165) is 72.6 Å². The van der Waals surface area contributed by atoms with Gasteiger partial charge in [0.15, 0.2) is 5.78 Å². The van der Waals surface area contributed by atoms with Crippen LogP contribution >= 0.6 is 0 Å². The van der Waals surface area contributed by atoms with E-state index in [4.69, 9.17) is 4.74 Å². The number of hydrogen-bond donors (Lipinski definition) is 1. The van der Waals surface area contributed by atoms with Crippen LogP contribution in [-0.4, -0.2) is 47.9 Å². The van der Waals surface area contributed by atoms with Gasteiger partial charge in [-0.2, -0.15) is 0 Å². The van der Waals surface area contributed by atoms with Crippen molar-refractivity contribution in [2.45, 2.75) is 64.4 Å². The van der Waals surface area contributed by atoms with E-state index in [1.807, 2.05) is 13.0 Å². The summed E-state index contributed by atoms with van der Waals surface area (Å²) in [5.41, 5.74) is 5.57. The Bertz CT molecular complexity index is 1100.